The lowest BCUT2D eigenvalue weighted by molar-refractivity contribution is -0.143. The summed E-state index contributed by atoms with van der Waals surface area (Å²) < 4.78 is 18.9. The SMILES string of the molecule is CCOC(=O)CCCCCOP(OCCC#N)N(C(C)C)C(C)C. The van der Waals surface area contributed by atoms with Gasteiger partial charge in [0.2, 0.25) is 0 Å². The van der Waals surface area contributed by atoms with Crippen molar-refractivity contribution in [3.8, 4) is 6.07 Å². The molecule has 0 aliphatic carbocycles. The van der Waals surface area contributed by atoms with E-state index in [9.17, 15) is 4.79 Å². The first-order valence-corrected chi connectivity index (χ1v) is 9.93. The van der Waals surface area contributed by atoms with Crippen molar-refractivity contribution < 1.29 is 18.6 Å². The van der Waals surface area contributed by atoms with E-state index in [0.717, 1.165) is 19.3 Å². The van der Waals surface area contributed by atoms with Crippen LogP contribution in [0.3, 0.4) is 0 Å². The van der Waals surface area contributed by atoms with Gasteiger partial charge >= 0.3 is 5.97 Å². The van der Waals surface area contributed by atoms with Gasteiger partial charge in [-0.2, -0.15) is 5.26 Å². The maximum atomic E-state index is 11.3. The third-order valence-corrected chi connectivity index (χ3v) is 5.30. The fourth-order valence-corrected chi connectivity index (χ4v) is 3.87. The maximum Gasteiger partial charge on any atom is 0.305 e. The fourth-order valence-electron chi connectivity index (χ4n) is 2.24. The van der Waals surface area contributed by atoms with E-state index in [1.54, 1.807) is 0 Å². The minimum absolute atomic E-state index is 0.133. The summed E-state index contributed by atoms with van der Waals surface area (Å²) in [4.78, 5) is 11.3. The number of hydrogen-bond acceptors (Lipinski definition) is 6. The van der Waals surface area contributed by atoms with E-state index >= 15 is 0 Å². The molecular weight excluding hydrogens is 327 g/mol. The predicted octanol–water partition coefficient (Wildman–Crippen LogP) is 4.40. The van der Waals surface area contributed by atoms with E-state index in [4.69, 9.17) is 19.0 Å². The highest BCUT2D eigenvalue weighted by Crippen LogP contribution is 2.46. The van der Waals surface area contributed by atoms with E-state index in [1.165, 1.54) is 0 Å². The summed E-state index contributed by atoms with van der Waals surface area (Å²) in [6, 6.07) is 2.71. The lowest BCUT2D eigenvalue weighted by atomic mass is 10.2. The van der Waals surface area contributed by atoms with Gasteiger partial charge in [-0.3, -0.25) is 4.79 Å². The fraction of sp³-hybridized carbons (Fsp3) is 0.882. The van der Waals surface area contributed by atoms with Gasteiger partial charge in [0.25, 0.3) is 8.53 Å². The molecule has 0 aliphatic heterocycles. The highest BCUT2D eigenvalue weighted by Gasteiger charge is 2.26. The number of nitrogens with zero attached hydrogens (tertiary/aromatic N) is 2. The molecule has 0 rings (SSSR count). The molecule has 0 aromatic carbocycles. The molecule has 24 heavy (non-hydrogen) atoms. The average Bonchev–Trinajstić information content (AvgIpc) is 2.50. The molecule has 0 saturated carbocycles. The third kappa shape index (κ3) is 10.9. The molecule has 0 heterocycles. The van der Waals surface area contributed by atoms with Crippen molar-refractivity contribution in [2.45, 2.75) is 78.8 Å². The van der Waals surface area contributed by atoms with Crippen LogP contribution in [-0.2, 0) is 18.6 Å². The quantitative estimate of drug-likeness (QED) is 0.260. The minimum atomic E-state index is -1.16. The van der Waals surface area contributed by atoms with Crippen LogP contribution in [0.25, 0.3) is 0 Å². The second kappa shape index (κ2) is 14.6. The topological polar surface area (TPSA) is 71.8 Å². The van der Waals surface area contributed by atoms with E-state index < -0.39 is 8.53 Å². The molecule has 0 spiro atoms. The van der Waals surface area contributed by atoms with Gasteiger partial charge < -0.3 is 13.8 Å². The van der Waals surface area contributed by atoms with Crippen LogP contribution in [0.4, 0.5) is 0 Å². The second-order valence-corrected chi connectivity index (χ2v) is 7.45. The minimum Gasteiger partial charge on any atom is -0.466 e. The lowest BCUT2D eigenvalue weighted by Crippen LogP contribution is -2.33. The molecule has 0 saturated heterocycles. The predicted molar refractivity (Wildman–Crippen MR) is 96.3 cm³/mol. The summed E-state index contributed by atoms with van der Waals surface area (Å²) in [5.41, 5.74) is 0. The second-order valence-electron chi connectivity index (χ2n) is 6.00. The first kappa shape index (κ1) is 23.3. The number of carbonyl (C=O) groups excluding carboxylic acids is 1. The Morgan fingerprint density at radius 2 is 1.71 bits per heavy atom. The number of hydrogen-bond donors (Lipinski definition) is 0. The summed E-state index contributed by atoms with van der Waals surface area (Å²) in [7, 11) is -1.16. The van der Waals surface area contributed by atoms with Crippen molar-refractivity contribution in [3.63, 3.8) is 0 Å². The number of ether oxygens (including phenoxy) is 1. The summed E-state index contributed by atoms with van der Waals surface area (Å²) in [5, 5.41) is 8.68. The number of carbonyl (C=O) groups is 1. The molecule has 0 aromatic heterocycles. The Hall–Kier alpha value is -0.730. The molecule has 7 heteroatoms. The Morgan fingerprint density at radius 3 is 2.25 bits per heavy atom. The molecule has 0 fully saturated rings. The summed E-state index contributed by atoms with van der Waals surface area (Å²) >= 11 is 0. The average molecular weight is 360 g/mol. The Morgan fingerprint density at radius 1 is 1.08 bits per heavy atom. The molecule has 0 aromatic rings. The van der Waals surface area contributed by atoms with Crippen LogP contribution in [0.1, 0.15) is 66.7 Å². The standard InChI is InChI=1S/C17H33N2O4P/c1-6-21-17(20)11-8-7-9-13-22-24(23-14-10-12-18)19(15(2)3)16(4)5/h15-16H,6-11,13-14H2,1-5H3. The Kier molecular flexibility index (Phi) is 14.2. The molecule has 140 valence electrons. The van der Waals surface area contributed by atoms with Crippen LogP contribution in [0.5, 0.6) is 0 Å². The molecule has 6 nitrogen and oxygen atoms in total. The summed E-state index contributed by atoms with van der Waals surface area (Å²) in [5.74, 6) is -0.133. The largest absolute Gasteiger partial charge is 0.466 e. The van der Waals surface area contributed by atoms with Gasteiger partial charge in [0.05, 0.1) is 32.3 Å². The molecule has 0 N–H and O–H groups in total. The van der Waals surface area contributed by atoms with Crippen molar-refractivity contribution in [2.24, 2.45) is 0 Å². The zero-order valence-corrected chi connectivity index (χ0v) is 16.7. The first-order valence-electron chi connectivity index (χ1n) is 8.80. The van der Waals surface area contributed by atoms with Crippen LogP contribution in [0, 0.1) is 11.3 Å². The molecular formula is C17H33N2O4P. The summed E-state index contributed by atoms with van der Waals surface area (Å²) in [6.07, 6.45) is 3.44. The van der Waals surface area contributed by atoms with Gasteiger partial charge in [0.1, 0.15) is 0 Å². The molecule has 0 radical (unpaired) electrons. The normalized spacial score (nSPS) is 12.6. The van der Waals surface area contributed by atoms with Crippen LogP contribution >= 0.6 is 8.53 Å². The van der Waals surface area contributed by atoms with Crippen molar-refractivity contribution in [2.75, 3.05) is 19.8 Å². The molecule has 0 amide bonds. The van der Waals surface area contributed by atoms with Crippen molar-refractivity contribution in [3.05, 3.63) is 0 Å². The van der Waals surface area contributed by atoms with Crippen LogP contribution in [-0.4, -0.2) is 42.5 Å². The van der Waals surface area contributed by atoms with Gasteiger partial charge in [-0.1, -0.05) is 6.42 Å². The molecule has 1 atom stereocenters. The smallest absolute Gasteiger partial charge is 0.305 e. The van der Waals surface area contributed by atoms with Crippen molar-refractivity contribution in [1.29, 1.82) is 5.26 Å². The van der Waals surface area contributed by atoms with Crippen LogP contribution in [0.15, 0.2) is 0 Å². The van der Waals surface area contributed by atoms with E-state index in [0.29, 0.717) is 44.7 Å². The van der Waals surface area contributed by atoms with Gasteiger partial charge in [-0.05, 0) is 47.5 Å². The Balaban J connectivity index is 4.21. The Bertz CT molecular complexity index is 364. The maximum absolute atomic E-state index is 11.3. The van der Waals surface area contributed by atoms with Gasteiger partial charge in [0, 0.05) is 18.5 Å². The van der Waals surface area contributed by atoms with E-state index in [-0.39, 0.29) is 5.97 Å². The van der Waals surface area contributed by atoms with Crippen LogP contribution in [0.2, 0.25) is 0 Å². The zero-order valence-electron chi connectivity index (χ0n) is 15.8. The molecule has 0 bridgehead atoms. The highest BCUT2D eigenvalue weighted by atomic mass is 31.2. The van der Waals surface area contributed by atoms with E-state index in [1.807, 2.05) is 6.92 Å². The first-order chi connectivity index (χ1) is 11.4. The van der Waals surface area contributed by atoms with Gasteiger partial charge in [0.15, 0.2) is 0 Å². The van der Waals surface area contributed by atoms with Gasteiger partial charge in [-0.25, -0.2) is 4.67 Å². The number of nitriles is 1. The van der Waals surface area contributed by atoms with E-state index in [2.05, 4.69) is 38.4 Å². The molecule has 0 aliphatic rings. The third-order valence-electron chi connectivity index (χ3n) is 3.19. The molecule has 1 unspecified atom stereocenters. The van der Waals surface area contributed by atoms with Crippen molar-refractivity contribution >= 4 is 14.5 Å². The number of esters is 1. The number of rotatable bonds is 14. The Labute approximate surface area is 148 Å². The van der Waals surface area contributed by atoms with Gasteiger partial charge in [-0.15, -0.1) is 0 Å². The highest BCUT2D eigenvalue weighted by molar-refractivity contribution is 7.44. The van der Waals surface area contributed by atoms with Crippen LogP contribution < -0.4 is 0 Å². The number of unbranched alkanes of at least 4 members (excludes halogenated alkanes) is 2. The monoisotopic (exact) mass is 360 g/mol. The lowest BCUT2D eigenvalue weighted by Gasteiger charge is -2.35. The van der Waals surface area contributed by atoms with Crippen molar-refractivity contribution in [1.82, 2.24) is 4.67 Å². The summed E-state index contributed by atoms with van der Waals surface area (Å²) in [6.45, 7) is 11.7. The zero-order chi connectivity index (χ0) is 18.4.